The first kappa shape index (κ1) is 12.3. The lowest BCUT2D eigenvalue weighted by molar-refractivity contribution is 0.509. The number of halogens is 3. The van der Waals surface area contributed by atoms with Crippen LogP contribution >= 0.6 is 15.9 Å². The van der Waals surface area contributed by atoms with Crippen LogP contribution in [0.4, 0.5) is 8.78 Å². The summed E-state index contributed by atoms with van der Waals surface area (Å²) in [5.41, 5.74) is 1.31. The number of hydrogen-bond donors (Lipinski definition) is 0. The van der Waals surface area contributed by atoms with E-state index in [0.717, 1.165) is 22.4 Å². The Balaban J connectivity index is 2.25. The molecule has 0 fully saturated rings. The third-order valence-corrected chi connectivity index (χ3v) is 3.84. The van der Waals surface area contributed by atoms with Gasteiger partial charge in [0.05, 0.1) is 5.69 Å². The van der Waals surface area contributed by atoms with Gasteiger partial charge in [-0.05, 0) is 41.1 Å². The number of imidazole rings is 1. The fourth-order valence-electron chi connectivity index (χ4n) is 1.93. The topological polar surface area (TPSA) is 35.1 Å². The van der Waals surface area contributed by atoms with Crippen molar-refractivity contribution in [3.63, 3.8) is 0 Å². The summed E-state index contributed by atoms with van der Waals surface area (Å²) in [6.07, 6.45) is 0. The molecule has 4 nitrogen and oxygen atoms in total. The molecular weight excluding hydrogens is 318 g/mol. The average Bonchev–Trinajstić information content (AvgIpc) is 2.83. The Kier molecular flexibility index (Phi) is 2.67. The first-order chi connectivity index (χ1) is 8.99. The van der Waals surface area contributed by atoms with Gasteiger partial charge in [-0.2, -0.15) is 4.52 Å². The van der Waals surface area contributed by atoms with Gasteiger partial charge in [0.25, 0.3) is 0 Å². The van der Waals surface area contributed by atoms with E-state index >= 15 is 0 Å². The van der Waals surface area contributed by atoms with E-state index in [1.54, 1.807) is 16.1 Å². The molecule has 2 heterocycles. The highest BCUT2D eigenvalue weighted by atomic mass is 79.9. The zero-order valence-electron chi connectivity index (χ0n) is 10.2. The minimum absolute atomic E-state index is 0.497. The molecule has 0 spiro atoms. The van der Waals surface area contributed by atoms with Crippen molar-refractivity contribution in [2.24, 2.45) is 7.05 Å². The molecule has 0 atom stereocenters. The first-order valence-corrected chi connectivity index (χ1v) is 6.31. The van der Waals surface area contributed by atoms with Crippen LogP contribution in [0.15, 0.2) is 22.8 Å². The molecule has 2 aromatic heterocycles. The highest BCUT2D eigenvalue weighted by Crippen LogP contribution is 2.24. The predicted octanol–water partition coefficient (Wildman–Crippen LogP) is 3.08. The third-order valence-electron chi connectivity index (χ3n) is 2.93. The number of fused-ring (bicyclic) bond motifs is 1. The van der Waals surface area contributed by atoms with E-state index in [9.17, 15) is 8.78 Å². The number of aryl methyl sites for hydroxylation is 2. The number of hydrogen-bond acceptors (Lipinski definition) is 2. The summed E-state index contributed by atoms with van der Waals surface area (Å²) in [6.45, 7) is 1.86. The van der Waals surface area contributed by atoms with Gasteiger partial charge >= 0.3 is 0 Å². The largest absolute Gasteiger partial charge is 0.296 e. The van der Waals surface area contributed by atoms with Crippen LogP contribution in [0.3, 0.4) is 0 Å². The average molecular weight is 327 g/mol. The van der Waals surface area contributed by atoms with Crippen LogP contribution in [0.5, 0.6) is 0 Å². The SMILES string of the molecule is Cc1nc2n(C)c(-c3ccc(F)c(F)c3)nn2c1Br. The third kappa shape index (κ3) is 1.76. The Labute approximate surface area is 115 Å². The van der Waals surface area contributed by atoms with Gasteiger partial charge in [0.2, 0.25) is 5.78 Å². The van der Waals surface area contributed by atoms with Crippen LogP contribution in [-0.4, -0.2) is 19.2 Å². The van der Waals surface area contributed by atoms with E-state index in [0.29, 0.717) is 17.2 Å². The van der Waals surface area contributed by atoms with Gasteiger partial charge in [-0.15, -0.1) is 5.10 Å². The molecule has 0 radical (unpaired) electrons. The van der Waals surface area contributed by atoms with Gasteiger partial charge in [-0.1, -0.05) is 0 Å². The van der Waals surface area contributed by atoms with Crippen LogP contribution in [0.2, 0.25) is 0 Å². The van der Waals surface area contributed by atoms with Crippen LogP contribution in [0.1, 0.15) is 5.69 Å². The van der Waals surface area contributed by atoms with Gasteiger partial charge in [-0.25, -0.2) is 13.8 Å². The molecule has 98 valence electrons. The number of benzene rings is 1. The van der Waals surface area contributed by atoms with Crippen molar-refractivity contribution in [3.05, 3.63) is 40.1 Å². The molecule has 0 aliphatic rings. The Morgan fingerprint density at radius 3 is 2.58 bits per heavy atom. The van der Waals surface area contributed by atoms with Gasteiger partial charge in [0.1, 0.15) is 4.60 Å². The van der Waals surface area contributed by atoms with Crippen molar-refractivity contribution in [1.29, 1.82) is 0 Å². The Morgan fingerprint density at radius 1 is 1.21 bits per heavy atom. The Bertz CT molecular complexity index is 791. The quantitative estimate of drug-likeness (QED) is 0.688. The molecule has 0 unspecified atom stereocenters. The summed E-state index contributed by atoms with van der Waals surface area (Å²) in [5.74, 6) is -0.626. The lowest BCUT2D eigenvalue weighted by Crippen LogP contribution is -1.95. The molecule has 19 heavy (non-hydrogen) atoms. The van der Waals surface area contributed by atoms with Crippen LogP contribution in [0.25, 0.3) is 17.2 Å². The van der Waals surface area contributed by atoms with E-state index in [1.807, 2.05) is 6.92 Å². The van der Waals surface area contributed by atoms with Gasteiger partial charge in [0, 0.05) is 12.6 Å². The number of rotatable bonds is 1. The van der Waals surface area contributed by atoms with E-state index < -0.39 is 11.6 Å². The van der Waals surface area contributed by atoms with Crippen molar-refractivity contribution in [2.75, 3.05) is 0 Å². The fourth-order valence-corrected chi connectivity index (χ4v) is 2.26. The molecule has 0 amide bonds. The van der Waals surface area contributed by atoms with Crippen molar-refractivity contribution in [2.45, 2.75) is 6.92 Å². The van der Waals surface area contributed by atoms with Crippen LogP contribution in [0, 0.1) is 18.6 Å². The van der Waals surface area contributed by atoms with Crippen molar-refractivity contribution in [1.82, 2.24) is 19.2 Å². The maximum Gasteiger partial charge on any atom is 0.233 e. The monoisotopic (exact) mass is 326 g/mol. The van der Waals surface area contributed by atoms with Crippen molar-refractivity contribution in [3.8, 4) is 11.4 Å². The molecule has 0 saturated heterocycles. The molecule has 1 aromatic carbocycles. The van der Waals surface area contributed by atoms with Crippen molar-refractivity contribution >= 4 is 21.7 Å². The molecule has 3 rings (SSSR count). The zero-order valence-corrected chi connectivity index (χ0v) is 11.7. The molecule has 0 N–H and O–H groups in total. The van der Waals surface area contributed by atoms with E-state index in [1.165, 1.54) is 6.07 Å². The van der Waals surface area contributed by atoms with Crippen LogP contribution in [-0.2, 0) is 7.05 Å². The molecule has 0 aliphatic heterocycles. The molecule has 0 saturated carbocycles. The highest BCUT2D eigenvalue weighted by Gasteiger charge is 2.16. The maximum absolute atomic E-state index is 13.3. The second kappa shape index (κ2) is 4.12. The fraction of sp³-hybridized carbons (Fsp3) is 0.167. The van der Waals surface area contributed by atoms with Gasteiger partial charge in [-0.3, -0.25) is 4.57 Å². The standard InChI is InChI=1S/C12H9BrF2N4/c1-6-10(13)19-12(16-6)18(2)11(17-19)7-3-4-8(14)9(15)5-7/h3-5H,1-2H3. The van der Waals surface area contributed by atoms with Crippen LogP contribution < -0.4 is 0 Å². The zero-order chi connectivity index (χ0) is 13.7. The lowest BCUT2D eigenvalue weighted by atomic mass is 10.2. The minimum atomic E-state index is -0.895. The molecule has 0 aliphatic carbocycles. The normalized spacial score (nSPS) is 11.4. The summed E-state index contributed by atoms with van der Waals surface area (Å²) < 4.78 is 30.3. The summed E-state index contributed by atoms with van der Waals surface area (Å²) in [5, 5.41) is 4.35. The van der Waals surface area contributed by atoms with E-state index in [2.05, 4.69) is 26.0 Å². The van der Waals surface area contributed by atoms with Gasteiger partial charge in [0.15, 0.2) is 17.5 Å². The summed E-state index contributed by atoms with van der Waals surface area (Å²) in [6, 6.07) is 3.70. The second-order valence-corrected chi connectivity index (χ2v) is 4.96. The summed E-state index contributed by atoms with van der Waals surface area (Å²) >= 11 is 3.39. The first-order valence-electron chi connectivity index (χ1n) is 5.52. The van der Waals surface area contributed by atoms with Crippen molar-refractivity contribution < 1.29 is 8.78 Å². The molecule has 3 aromatic rings. The second-order valence-electron chi connectivity index (χ2n) is 4.21. The minimum Gasteiger partial charge on any atom is -0.296 e. The van der Waals surface area contributed by atoms with E-state index in [-0.39, 0.29) is 0 Å². The highest BCUT2D eigenvalue weighted by molar-refractivity contribution is 9.10. The molecule has 7 heteroatoms. The number of nitrogens with zero attached hydrogens (tertiary/aromatic N) is 4. The maximum atomic E-state index is 13.3. The number of aromatic nitrogens is 4. The van der Waals surface area contributed by atoms with E-state index in [4.69, 9.17) is 0 Å². The Hall–Kier alpha value is -1.76. The molecular formula is C12H9BrF2N4. The summed E-state index contributed by atoms with van der Waals surface area (Å²) in [7, 11) is 1.78. The lowest BCUT2D eigenvalue weighted by Gasteiger charge is -2.01. The summed E-state index contributed by atoms with van der Waals surface area (Å²) in [4.78, 5) is 4.35. The van der Waals surface area contributed by atoms with Gasteiger partial charge < -0.3 is 0 Å². The Morgan fingerprint density at radius 2 is 1.95 bits per heavy atom. The predicted molar refractivity (Wildman–Crippen MR) is 69.7 cm³/mol. The smallest absolute Gasteiger partial charge is 0.233 e. The molecule has 0 bridgehead atoms.